The van der Waals surface area contributed by atoms with Gasteiger partial charge in [-0.25, -0.2) is 4.39 Å². The lowest BCUT2D eigenvalue weighted by Crippen LogP contribution is -1.92. The van der Waals surface area contributed by atoms with Gasteiger partial charge in [-0.3, -0.25) is 0 Å². The fourth-order valence-electron chi connectivity index (χ4n) is 1.16. The molecule has 3 nitrogen and oxygen atoms in total. The van der Waals surface area contributed by atoms with E-state index in [1.54, 1.807) is 18.3 Å². The van der Waals surface area contributed by atoms with Crippen LogP contribution in [0.3, 0.4) is 0 Å². The smallest absolute Gasteiger partial charge is 0.239 e. The highest BCUT2D eigenvalue weighted by Crippen LogP contribution is 2.29. The number of nitrogens with zero attached hydrogens (tertiary/aromatic N) is 2. The van der Waals surface area contributed by atoms with E-state index in [4.69, 9.17) is 4.74 Å². The topological polar surface area (TPSA) is 35.0 Å². The average Bonchev–Trinajstić information content (AvgIpc) is 2.24. The molecule has 2 rings (SSSR count). The van der Waals surface area contributed by atoms with Gasteiger partial charge in [0.25, 0.3) is 0 Å². The zero-order valence-corrected chi connectivity index (χ0v) is 10.0. The van der Waals surface area contributed by atoms with Crippen molar-refractivity contribution in [1.29, 1.82) is 0 Å². The largest absolute Gasteiger partial charge is 0.436 e. The Morgan fingerprint density at radius 2 is 2.12 bits per heavy atom. The number of halogens is 2. The summed E-state index contributed by atoms with van der Waals surface area (Å²) >= 11 is 3.27. The van der Waals surface area contributed by atoms with Gasteiger partial charge in [-0.15, -0.1) is 5.10 Å². The molecule has 0 spiro atoms. The number of hydrogen-bond donors (Lipinski definition) is 0. The Hall–Kier alpha value is -1.49. The third-order valence-electron chi connectivity index (χ3n) is 1.88. The Labute approximate surface area is 100 Å². The van der Waals surface area contributed by atoms with Crippen LogP contribution in [0.2, 0.25) is 0 Å². The van der Waals surface area contributed by atoms with Gasteiger partial charge < -0.3 is 4.74 Å². The highest BCUT2D eigenvalue weighted by molar-refractivity contribution is 9.10. The van der Waals surface area contributed by atoms with E-state index in [1.807, 2.05) is 6.92 Å². The predicted octanol–water partition coefficient (Wildman–Crippen LogP) is 3.48. The van der Waals surface area contributed by atoms with E-state index in [0.29, 0.717) is 16.1 Å². The van der Waals surface area contributed by atoms with Crippen LogP contribution in [0.5, 0.6) is 11.6 Å². The number of aromatic nitrogens is 2. The fourth-order valence-corrected chi connectivity index (χ4v) is 1.48. The number of rotatable bonds is 2. The van der Waals surface area contributed by atoms with Crippen molar-refractivity contribution in [1.82, 2.24) is 10.2 Å². The summed E-state index contributed by atoms with van der Waals surface area (Å²) in [4.78, 5) is 0. The van der Waals surface area contributed by atoms with E-state index in [9.17, 15) is 4.39 Å². The molecule has 0 aliphatic heterocycles. The van der Waals surface area contributed by atoms with Crippen molar-refractivity contribution in [3.05, 3.63) is 46.3 Å². The third kappa shape index (κ3) is 2.55. The molecule has 5 heteroatoms. The van der Waals surface area contributed by atoms with Gasteiger partial charge in [-0.2, -0.15) is 5.10 Å². The summed E-state index contributed by atoms with van der Waals surface area (Å²) in [6.07, 6.45) is 1.62. The molecule has 2 aromatic rings. The first-order valence-corrected chi connectivity index (χ1v) is 5.37. The molecule has 0 aliphatic rings. The van der Waals surface area contributed by atoms with E-state index in [0.717, 1.165) is 5.56 Å². The van der Waals surface area contributed by atoms with Crippen LogP contribution in [0.1, 0.15) is 5.56 Å². The molecule has 0 amide bonds. The van der Waals surface area contributed by atoms with Crippen molar-refractivity contribution in [2.24, 2.45) is 0 Å². The molecule has 0 aliphatic carbocycles. The zero-order chi connectivity index (χ0) is 11.5. The summed E-state index contributed by atoms with van der Waals surface area (Å²) in [5, 5.41) is 7.54. The molecule has 82 valence electrons. The minimum absolute atomic E-state index is 0.339. The summed E-state index contributed by atoms with van der Waals surface area (Å²) in [6.45, 7) is 1.88. The second kappa shape index (κ2) is 4.57. The Balaban J connectivity index is 2.30. The first-order chi connectivity index (χ1) is 7.65. The van der Waals surface area contributed by atoms with Gasteiger partial charge in [0.1, 0.15) is 11.6 Å². The van der Waals surface area contributed by atoms with Gasteiger partial charge in [0.2, 0.25) is 5.88 Å². The summed E-state index contributed by atoms with van der Waals surface area (Å²) in [5.74, 6) is 0.352. The second-order valence-electron chi connectivity index (χ2n) is 3.25. The normalized spacial score (nSPS) is 10.2. The molecule has 0 fully saturated rings. The van der Waals surface area contributed by atoms with Gasteiger partial charge in [-0.1, -0.05) is 0 Å². The molecule has 16 heavy (non-hydrogen) atoms. The maximum absolute atomic E-state index is 13.0. The fraction of sp³-hybridized carbons (Fsp3) is 0.0909. The highest BCUT2D eigenvalue weighted by atomic mass is 79.9. The Morgan fingerprint density at radius 3 is 2.88 bits per heavy atom. The predicted molar refractivity (Wildman–Crippen MR) is 60.9 cm³/mol. The molecule has 1 aromatic carbocycles. The van der Waals surface area contributed by atoms with Crippen LogP contribution >= 0.6 is 15.9 Å². The van der Waals surface area contributed by atoms with Crippen molar-refractivity contribution in [3.8, 4) is 11.6 Å². The highest BCUT2D eigenvalue weighted by Gasteiger charge is 2.05. The van der Waals surface area contributed by atoms with E-state index in [1.165, 1.54) is 12.1 Å². The summed E-state index contributed by atoms with van der Waals surface area (Å²) in [5.41, 5.74) is 0.928. The Morgan fingerprint density at radius 1 is 1.31 bits per heavy atom. The van der Waals surface area contributed by atoms with Crippen LogP contribution in [-0.2, 0) is 0 Å². The van der Waals surface area contributed by atoms with Crippen molar-refractivity contribution in [2.45, 2.75) is 6.92 Å². The standard InChI is InChI=1S/C11H8BrFN2O/c1-7-4-11(15-14-6-7)16-10-5-8(13)2-3-9(10)12/h2-6H,1H3. The van der Waals surface area contributed by atoms with Crippen LogP contribution in [0.4, 0.5) is 4.39 Å². The molecule has 0 radical (unpaired) electrons. The molecule has 1 heterocycles. The molecule has 0 saturated carbocycles. The van der Waals surface area contributed by atoms with Gasteiger partial charge in [0, 0.05) is 12.1 Å². The van der Waals surface area contributed by atoms with Crippen molar-refractivity contribution in [3.63, 3.8) is 0 Å². The van der Waals surface area contributed by atoms with Crippen molar-refractivity contribution >= 4 is 15.9 Å². The summed E-state index contributed by atoms with van der Waals surface area (Å²) < 4.78 is 19.1. The maximum atomic E-state index is 13.0. The summed E-state index contributed by atoms with van der Waals surface area (Å²) in [7, 11) is 0. The lowest BCUT2D eigenvalue weighted by molar-refractivity contribution is 0.447. The van der Waals surface area contributed by atoms with Gasteiger partial charge in [-0.05, 0) is 40.5 Å². The molecule has 0 unspecified atom stereocenters. The van der Waals surface area contributed by atoms with E-state index in [-0.39, 0.29) is 5.82 Å². The maximum Gasteiger partial charge on any atom is 0.239 e. The van der Waals surface area contributed by atoms with Crippen LogP contribution in [0, 0.1) is 12.7 Å². The molecule has 0 bridgehead atoms. The molecule has 0 saturated heterocycles. The molecule has 0 atom stereocenters. The van der Waals surface area contributed by atoms with Crippen LogP contribution < -0.4 is 4.74 Å². The van der Waals surface area contributed by atoms with Gasteiger partial charge >= 0.3 is 0 Å². The Bertz CT molecular complexity index is 519. The van der Waals surface area contributed by atoms with Crippen LogP contribution in [-0.4, -0.2) is 10.2 Å². The first-order valence-electron chi connectivity index (χ1n) is 4.57. The molecule has 1 aromatic heterocycles. The quantitative estimate of drug-likeness (QED) is 0.846. The molecule has 0 N–H and O–H groups in total. The number of ether oxygens (including phenoxy) is 1. The van der Waals surface area contributed by atoms with Gasteiger partial charge in [0.15, 0.2) is 0 Å². The molecular formula is C11H8BrFN2O. The lowest BCUT2D eigenvalue weighted by Gasteiger charge is -2.06. The lowest BCUT2D eigenvalue weighted by atomic mass is 10.3. The first kappa shape index (κ1) is 11.0. The van der Waals surface area contributed by atoms with Crippen molar-refractivity contribution < 1.29 is 9.13 Å². The summed E-state index contributed by atoms with van der Waals surface area (Å²) in [6, 6.07) is 5.94. The number of benzene rings is 1. The number of aryl methyl sites for hydroxylation is 1. The van der Waals surface area contributed by atoms with E-state index >= 15 is 0 Å². The van der Waals surface area contributed by atoms with Gasteiger partial charge in [0.05, 0.1) is 10.7 Å². The number of hydrogen-bond acceptors (Lipinski definition) is 3. The van der Waals surface area contributed by atoms with Crippen LogP contribution in [0.25, 0.3) is 0 Å². The SMILES string of the molecule is Cc1cnnc(Oc2cc(F)ccc2Br)c1. The minimum atomic E-state index is -0.362. The Kier molecular flexibility index (Phi) is 3.14. The monoisotopic (exact) mass is 282 g/mol. The van der Waals surface area contributed by atoms with E-state index in [2.05, 4.69) is 26.1 Å². The van der Waals surface area contributed by atoms with E-state index < -0.39 is 0 Å². The van der Waals surface area contributed by atoms with Crippen LogP contribution in [0.15, 0.2) is 34.9 Å². The molecular weight excluding hydrogens is 275 g/mol. The average molecular weight is 283 g/mol. The van der Waals surface area contributed by atoms with Crippen molar-refractivity contribution in [2.75, 3.05) is 0 Å². The zero-order valence-electron chi connectivity index (χ0n) is 8.45. The second-order valence-corrected chi connectivity index (χ2v) is 4.10. The minimum Gasteiger partial charge on any atom is -0.436 e. The third-order valence-corrected chi connectivity index (χ3v) is 2.53.